The number of alkyl carbamates (subject to hydrolysis) is 2. The van der Waals surface area contributed by atoms with Crippen LogP contribution in [0.2, 0.25) is 0 Å². The van der Waals surface area contributed by atoms with Crippen LogP contribution in [-0.2, 0) is 33.3 Å². The summed E-state index contributed by atoms with van der Waals surface area (Å²) in [4.78, 5) is 61.2. The normalized spacial score (nSPS) is 14.7. The van der Waals surface area contributed by atoms with Gasteiger partial charge in [-0.25, -0.2) is 24.0 Å². The molecule has 0 spiro atoms. The van der Waals surface area contributed by atoms with Gasteiger partial charge in [-0.3, -0.25) is 0 Å². The maximum atomic E-state index is 12.8. The molecule has 0 aromatic heterocycles. The van der Waals surface area contributed by atoms with E-state index in [0.717, 1.165) is 0 Å². The van der Waals surface area contributed by atoms with Crippen molar-refractivity contribution in [2.24, 2.45) is 11.8 Å². The number of amides is 2. The molecule has 13 nitrogen and oxygen atoms in total. The quantitative estimate of drug-likeness (QED) is 0.218. The number of carbonyl (C=O) groups excluding carboxylic acids is 4. The lowest BCUT2D eigenvalue weighted by molar-refractivity contribution is -0.157. The lowest BCUT2D eigenvalue weighted by Crippen LogP contribution is -2.49. The van der Waals surface area contributed by atoms with Crippen LogP contribution in [0.1, 0.15) is 82.1 Å². The van der Waals surface area contributed by atoms with E-state index in [1.54, 1.807) is 55.4 Å². The van der Waals surface area contributed by atoms with E-state index in [0.29, 0.717) is 12.8 Å². The van der Waals surface area contributed by atoms with Crippen molar-refractivity contribution in [3.63, 3.8) is 0 Å². The number of hydrogen-bond acceptors (Lipinski definition) is 10. The lowest BCUT2D eigenvalue weighted by atomic mass is 9.99. The van der Waals surface area contributed by atoms with Crippen molar-refractivity contribution >= 4 is 30.3 Å². The van der Waals surface area contributed by atoms with Crippen molar-refractivity contribution in [1.29, 1.82) is 0 Å². The largest absolute Gasteiger partial charge is 0.506 e. The molecule has 4 atom stereocenters. The zero-order valence-electron chi connectivity index (χ0n) is 24.7. The highest BCUT2D eigenvalue weighted by atomic mass is 16.7. The minimum absolute atomic E-state index is 0.336. The maximum absolute atomic E-state index is 12.8. The lowest BCUT2D eigenvalue weighted by Gasteiger charge is -2.27. The van der Waals surface area contributed by atoms with Crippen LogP contribution in [0.15, 0.2) is 0 Å². The number of carboxylic acid groups (broad SMARTS) is 1. The summed E-state index contributed by atoms with van der Waals surface area (Å²) in [6.07, 6.45) is -3.64. The molecule has 226 valence electrons. The Morgan fingerprint density at radius 3 is 1.28 bits per heavy atom. The van der Waals surface area contributed by atoms with E-state index in [1.807, 2.05) is 13.8 Å². The summed E-state index contributed by atoms with van der Waals surface area (Å²) in [5.74, 6) is -2.36. The van der Waals surface area contributed by atoms with E-state index in [4.69, 9.17) is 28.8 Å². The van der Waals surface area contributed by atoms with Gasteiger partial charge < -0.3 is 39.4 Å². The van der Waals surface area contributed by atoms with Gasteiger partial charge >= 0.3 is 30.3 Å². The molecular formula is C26H46N2O11. The average molecular weight is 563 g/mol. The van der Waals surface area contributed by atoms with Crippen LogP contribution < -0.4 is 10.6 Å². The van der Waals surface area contributed by atoms with E-state index in [9.17, 15) is 24.0 Å². The first kappa shape index (κ1) is 35.8. The van der Waals surface area contributed by atoms with Gasteiger partial charge in [-0.05, 0) is 53.4 Å². The van der Waals surface area contributed by atoms with E-state index in [-0.39, 0.29) is 11.8 Å². The van der Waals surface area contributed by atoms with Crippen molar-refractivity contribution in [1.82, 2.24) is 10.6 Å². The van der Waals surface area contributed by atoms with Crippen LogP contribution in [0.25, 0.3) is 0 Å². The number of nitrogens with one attached hydrogen (secondary N) is 2. The molecule has 3 N–H and O–H groups in total. The Kier molecular flexibility index (Phi) is 14.7. The topological polar surface area (TPSA) is 176 Å². The average Bonchev–Trinajstić information content (AvgIpc) is 2.78. The van der Waals surface area contributed by atoms with Crippen molar-refractivity contribution in [3.8, 4) is 0 Å². The Morgan fingerprint density at radius 2 is 1.03 bits per heavy atom. The van der Waals surface area contributed by atoms with Crippen LogP contribution in [-0.4, -0.2) is 78.0 Å². The second-order valence-corrected chi connectivity index (χ2v) is 11.3. The molecule has 2 amide bonds. The fourth-order valence-electron chi connectivity index (χ4n) is 3.00. The molecule has 0 aliphatic rings. The molecule has 0 unspecified atom stereocenters. The number of esters is 2. The molecular weight excluding hydrogens is 516 g/mol. The molecule has 39 heavy (non-hydrogen) atoms. The molecule has 0 saturated heterocycles. The van der Waals surface area contributed by atoms with Gasteiger partial charge in [0.05, 0.1) is 0 Å². The zero-order chi connectivity index (χ0) is 30.6. The molecule has 0 aromatic carbocycles. The predicted molar refractivity (Wildman–Crippen MR) is 140 cm³/mol. The van der Waals surface area contributed by atoms with Gasteiger partial charge in [0.15, 0.2) is 6.10 Å². The molecule has 0 fully saturated rings. The Balaban J connectivity index is 5.37. The second kappa shape index (κ2) is 16.0. The first-order chi connectivity index (χ1) is 17.8. The summed E-state index contributed by atoms with van der Waals surface area (Å²) in [6, 6.07) is -2.16. The first-order valence-corrected chi connectivity index (χ1v) is 13.0. The standard InChI is InChI=1S/C26H46N2O11/c1-11-15(3)18(27-22(31)38-25(5,6)7)20(29)35-13-17(37-24(33)34)14-36-21(30)19(16(4)12-2)28-23(32)39-26(8,9)10/h15-19H,11-14H2,1-10H3,(H,27,31)(H,28,32)(H,33,34)/t15-,16-,18-,19-/m0/s1. The smallest absolute Gasteiger partial charge is 0.460 e. The van der Waals surface area contributed by atoms with Gasteiger partial charge in [0.2, 0.25) is 0 Å². The van der Waals surface area contributed by atoms with E-state index < -0.39 is 72.9 Å². The third-order valence-electron chi connectivity index (χ3n) is 5.37. The minimum Gasteiger partial charge on any atom is -0.460 e. The Labute approximate surface area is 230 Å². The van der Waals surface area contributed by atoms with Crippen molar-refractivity contribution in [2.75, 3.05) is 13.2 Å². The third kappa shape index (κ3) is 15.7. The first-order valence-electron chi connectivity index (χ1n) is 13.0. The van der Waals surface area contributed by atoms with Crippen LogP contribution in [0.4, 0.5) is 14.4 Å². The summed E-state index contributed by atoms with van der Waals surface area (Å²) >= 11 is 0. The molecule has 0 bridgehead atoms. The summed E-state index contributed by atoms with van der Waals surface area (Å²) in [5, 5.41) is 14.0. The SMILES string of the molecule is CC[C@H](C)[C@H](NC(=O)OC(C)(C)C)C(=O)OCC(COC(=O)[C@@H](NC(=O)OC(C)(C)C)[C@@H](C)CC)OC(=O)O. The Morgan fingerprint density at radius 1 is 0.692 bits per heavy atom. The molecule has 13 heteroatoms. The van der Waals surface area contributed by atoms with Gasteiger partial charge in [-0.15, -0.1) is 0 Å². The number of hydrogen-bond donors (Lipinski definition) is 3. The third-order valence-corrected chi connectivity index (χ3v) is 5.37. The highest BCUT2D eigenvalue weighted by Gasteiger charge is 2.33. The number of ether oxygens (including phenoxy) is 5. The van der Waals surface area contributed by atoms with Crippen LogP contribution in [0, 0.1) is 11.8 Å². The molecule has 0 heterocycles. The fraction of sp³-hybridized carbons (Fsp3) is 0.808. The summed E-state index contributed by atoms with van der Waals surface area (Å²) in [6.45, 7) is 15.9. The molecule has 0 aliphatic carbocycles. The van der Waals surface area contributed by atoms with E-state index in [1.165, 1.54) is 0 Å². The van der Waals surface area contributed by atoms with Crippen LogP contribution in [0.3, 0.4) is 0 Å². The summed E-state index contributed by atoms with van der Waals surface area (Å²) in [7, 11) is 0. The molecule has 0 aromatic rings. The van der Waals surface area contributed by atoms with Crippen molar-refractivity contribution < 1.29 is 52.8 Å². The van der Waals surface area contributed by atoms with Gasteiger partial charge in [-0.2, -0.15) is 0 Å². The highest BCUT2D eigenvalue weighted by Crippen LogP contribution is 2.15. The fourth-order valence-corrected chi connectivity index (χ4v) is 3.00. The summed E-state index contributed by atoms with van der Waals surface area (Å²) in [5.41, 5.74) is -1.58. The minimum atomic E-state index is -1.68. The molecule has 0 rings (SSSR count). The predicted octanol–water partition coefficient (Wildman–Crippen LogP) is 4.01. The zero-order valence-corrected chi connectivity index (χ0v) is 24.7. The Bertz CT molecular complexity index is 773. The summed E-state index contributed by atoms with van der Waals surface area (Å²) < 4.78 is 25.6. The van der Waals surface area contributed by atoms with Gasteiger partial charge in [0.1, 0.15) is 36.5 Å². The number of carbonyl (C=O) groups is 5. The van der Waals surface area contributed by atoms with Gasteiger partial charge in [0, 0.05) is 0 Å². The molecule has 0 radical (unpaired) electrons. The molecule has 0 aliphatic heterocycles. The van der Waals surface area contributed by atoms with E-state index in [2.05, 4.69) is 10.6 Å². The second-order valence-electron chi connectivity index (χ2n) is 11.3. The van der Waals surface area contributed by atoms with Crippen LogP contribution >= 0.6 is 0 Å². The monoisotopic (exact) mass is 562 g/mol. The maximum Gasteiger partial charge on any atom is 0.506 e. The van der Waals surface area contributed by atoms with Crippen LogP contribution in [0.5, 0.6) is 0 Å². The van der Waals surface area contributed by atoms with E-state index >= 15 is 0 Å². The Hall–Kier alpha value is -3.25. The highest BCUT2D eigenvalue weighted by molar-refractivity contribution is 5.82. The van der Waals surface area contributed by atoms with Gasteiger partial charge in [0.25, 0.3) is 0 Å². The van der Waals surface area contributed by atoms with Crippen molar-refractivity contribution in [3.05, 3.63) is 0 Å². The van der Waals surface area contributed by atoms with Crippen molar-refractivity contribution in [2.45, 2.75) is 111 Å². The molecule has 0 saturated carbocycles. The number of rotatable bonds is 13. The van der Waals surface area contributed by atoms with Gasteiger partial charge in [-0.1, -0.05) is 40.5 Å².